The summed E-state index contributed by atoms with van der Waals surface area (Å²) >= 11 is 0. The molecule has 1 aromatic heterocycles. The lowest BCUT2D eigenvalue weighted by atomic mass is 10.2. The van der Waals surface area contributed by atoms with Crippen molar-refractivity contribution in [3.05, 3.63) is 66.4 Å². The van der Waals surface area contributed by atoms with Crippen LogP contribution in [0.4, 0.5) is 0 Å². The van der Waals surface area contributed by atoms with E-state index in [-0.39, 0.29) is 11.9 Å². The number of likely N-dealkylation sites (N-methyl/N-ethyl adjacent to an activating group) is 1. The van der Waals surface area contributed by atoms with E-state index in [1.165, 1.54) is 0 Å². The summed E-state index contributed by atoms with van der Waals surface area (Å²) in [5.41, 5.74) is 0.837. The normalized spacial score (nSPS) is 13.3. The average Bonchev–Trinajstić information content (AvgIpc) is 3.07. The molecule has 3 aromatic rings. The Morgan fingerprint density at radius 2 is 1.88 bits per heavy atom. The molecule has 5 nitrogen and oxygen atoms in total. The molecule has 136 valence electrons. The van der Waals surface area contributed by atoms with Crippen LogP contribution in [0.3, 0.4) is 0 Å². The van der Waals surface area contributed by atoms with Crippen molar-refractivity contribution >= 4 is 16.9 Å². The summed E-state index contributed by atoms with van der Waals surface area (Å²) in [6.07, 6.45) is 0. The van der Waals surface area contributed by atoms with Crippen LogP contribution in [-0.4, -0.2) is 32.7 Å². The zero-order valence-electron chi connectivity index (χ0n) is 15.2. The van der Waals surface area contributed by atoms with Gasteiger partial charge in [0.15, 0.2) is 6.54 Å². The third-order valence-electron chi connectivity index (χ3n) is 4.25. The number of fused-ring (bicyclic) bond motifs is 1. The van der Waals surface area contributed by atoms with Crippen LogP contribution < -0.4 is 15.0 Å². The lowest BCUT2D eigenvalue weighted by Gasteiger charge is -2.16. The lowest BCUT2D eigenvalue weighted by Crippen LogP contribution is -3.10. The van der Waals surface area contributed by atoms with E-state index in [4.69, 9.17) is 9.15 Å². The molecule has 0 aliphatic heterocycles. The van der Waals surface area contributed by atoms with Crippen molar-refractivity contribution in [2.24, 2.45) is 0 Å². The summed E-state index contributed by atoms with van der Waals surface area (Å²) < 4.78 is 11.5. The summed E-state index contributed by atoms with van der Waals surface area (Å²) in [5, 5.41) is 4.05. The van der Waals surface area contributed by atoms with Crippen molar-refractivity contribution in [2.75, 3.05) is 26.7 Å². The Hall–Kier alpha value is -2.79. The van der Waals surface area contributed by atoms with Gasteiger partial charge in [0.2, 0.25) is 0 Å². The quantitative estimate of drug-likeness (QED) is 0.653. The first-order chi connectivity index (χ1) is 12.6. The molecule has 0 fully saturated rings. The van der Waals surface area contributed by atoms with Crippen LogP contribution in [0.2, 0.25) is 0 Å². The van der Waals surface area contributed by atoms with E-state index in [1.807, 2.05) is 74.6 Å². The largest absolute Gasteiger partial charge is 0.488 e. The van der Waals surface area contributed by atoms with E-state index in [1.54, 1.807) is 0 Å². The van der Waals surface area contributed by atoms with Crippen LogP contribution in [0.15, 0.2) is 65.1 Å². The Bertz CT molecular complexity index is 812. The van der Waals surface area contributed by atoms with Gasteiger partial charge in [-0.25, -0.2) is 0 Å². The van der Waals surface area contributed by atoms with Crippen LogP contribution in [0.5, 0.6) is 5.75 Å². The molecule has 2 aromatic carbocycles. The van der Waals surface area contributed by atoms with Crippen LogP contribution in [0.1, 0.15) is 18.7 Å². The number of quaternary nitrogens is 1. The minimum Gasteiger partial charge on any atom is -0.488 e. The summed E-state index contributed by atoms with van der Waals surface area (Å²) in [5.74, 6) is 1.61. The number of benzene rings is 2. The molecular weight excluding hydrogens is 328 g/mol. The number of nitrogens with one attached hydrogen (secondary N) is 2. The Morgan fingerprint density at radius 1 is 1.15 bits per heavy atom. The van der Waals surface area contributed by atoms with Crippen LogP contribution in [-0.2, 0) is 4.79 Å². The smallest absolute Gasteiger partial charge is 0.275 e. The summed E-state index contributed by atoms with van der Waals surface area (Å²) in [6.45, 7) is 3.65. The highest BCUT2D eigenvalue weighted by molar-refractivity contribution is 5.79. The predicted molar refractivity (Wildman–Crippen MR) is 101 cm³/mol. The minimum absolute atomic E-state index is 0.00447. The van der Waals surface area contributed by atoms with Crippen molar-refractivity contribution in [1.29, 1.82) is 0 Å². The zero-order chi connectivity index (χ0) is 18.4. The number of furan rings is 1. The standard InChI is InChI=1S/C21H24N2O3/c1-16(20-14-17-8-6-7-11-19(17)26-20)22-21(24)15-23(2)12-13-25-18-9-4-3-5-10-18/h3-11,14,16H,12-13,15H2,1-2H3,(H,22,24)/p+1/t16-/m0/s1. The molecule has 1 amide bonds. The molecule has 1 heterocycles. The summed E-state index contributed by atoms with van der Waals surface area (Å²) in [6, 6.07) is 19.4. The number of para-hydroxylation sites is 2. The zero-order valence-corrected chi connectivity index (χ0v) is 15.2. The molecule has 0 saturated carbocycles. The highest BCUT2D eigenvalue weighted by Gasteiger charge is 2.16. The van der Waals surface area contributed by atoms with Crippen LogP contribution in [0.25, 0.3) is 11.0 Å². The predicted octanol–water partition coefficient (Wildman–Crippen LogP) is 2.20. The molecule has 0 radical (unpaired) electrons. The van der Waals surface area contributed by atoms with Gasteiger partial charge in [0.25, 0.3) is 5.91 Å². The van der Waals surface area contributed by atoms with E-state index in [2.05, 4.69) is 5.32 Å². The second kappa shape index (κ2) is 8.54. The average molecular weight is 353 g/mol. The van der Waals surface area contributed by atoms with Gasteiger partial charge in [0.1, 0.15) is 30.2 Å². The Kier molecular flexibility index (Phi) is 5.92. The first kappa shape index (κ1) is 18.0. The number of rotatable bonds is 8. The van der Waals surface area contributed by atoms with Crippen molar-refractivity contribution in [3.8, 4) is 5.75 Å². The lowest BCUT2D eigenvalue weighted by molar-refractivity contribution is -0.871. The third kappa shape index (κ3) is 4.86. The number of ether oxygens (including phenoxy) is 1. The molecule has 0 aliphatic rings. The highest BCUT2D eigenvalue weighted by Crippen LogP contribution is 2.23. The summed E-state index contributed by atoms with van der Waals surface area (Å²) in [4.78, 5) is 13.4. The van der Waals surface area contributed by atoms with E-state index in [0.29, 0.717) is 13.2 Å². The van der Waals surface area contributed by atoms with Gasteiger partial charge >= 0.3 is 0 Å². The van der Waals surface area contributed by atoms with Gasteiger partial charge < -0.3 is 19.4 Å². The van der Waals surface area contributed by atoms with Crippen molar-refractivity contribution in [1.82, 2.24) is 5.32 Å². The molecule has 1 unspecified atom stereocenters. The first-order valence-corrected chi connectivity index (χ1v) is 8.89. The van der Waals surface area contributed by atoms with Gasteiger partial charge in [-0.1, -0.05) is 36.4 Å². The second-order valence-corrected chi connectivity index (χ2v) is 6.52. The molecule has 5 heteroatoms. The van der Waals surface area contributed by atoms with Crippen LogP contribution in [0, 0.1) is 0 Å². The van der Waals surface area contributed by atoms with Crippen molar-refractivity contribution in [3.63, 3.8) is 0 Å². The Morgan fingerprint density at radius 3 is 2.65 bits per heavy atom. The summed E-state index contributed by atoms with van der Waals surface area (Å²) in [7, 11) is 1.99. The molecule has 26 heavy (non-hydrogen) atoms. The Balaban J connectivity index is 1.43. The fourth-order valence-electron chi connectivity index (χ4n) is 2.80. The third-order valence-corrected chi connectivity index (χ3v) is 4.25. The molecule has 0 bridgehead atoms. The maximum absolute atomic E-state index is 12.3. The number of hydrogen-bond donors (Lipinski definition) is 2. The molecular formula is C21H25N2O3+. The molecule has 0 saturated heterocycles. The highest BCUT2D eigenvalue weighted by atomic mass is 16.5. The molecule has 2 atom stereocenters. The van der Waals surface area contributed by atoms with Crippen molar-refractivity contribution < 1.29 is 18.8 Å². The molecule has 3 rings (SSSR count). The van der Waals surface area contributed by atoms with Gasteiger partial charge in [-0.3, -0.25) is 4.79 Å². The molecule has 0 aliphatic carbocycles. The molecule has 2 N–H and O–H groups in total. The fraction of sp³-hybridized carbons (Fsp3) is 0.286. The number of carbonyl (C=O) groups is 1. The monoisotopic (exact) mass is 353 g/mol. The first-order valence-electron chi connectivity index (χ1n) is 8.89. The maximum atomic E-state index is 12.3. The van der Waals surface area contributed by atoms with Gasteiger partial charge in [-0.15, -0.1) is 0 Å². The van der Waals surface area contributed by atoms with E-state index in [0.717, 1.165) is 33.9 Å². The van der Waals surface area contributed by atoms with Gasteiger partial charge in [-0.2, -0.15) is 0 Å². The SMILES string of the molecule is C[C@H](NC(=O)C[NH+](C)CCOc1ccccc1)c1cc2ccccc2o1. The number of carbonyl (C=O) groups excluding carboxylic acids is 1. The van der Waals surface area contributed by atoms with Gasteiger partial charge in [0.05, 0.1) is 13.1 Å². The topological polar surface area (TPSA) is 55.9 Å². The Labute approximate surface area is 153 Å². The van der Waals surface area contributed by atoms with Crippen molar-refractivity contribution in [2.45, 2.75) is 13.0 Å². The van der Waals surface area contributed by atoms with Gasteiger partial charge in [-0.05, 0) is 31.2 Å². The van der Waals surface area contributed by atoms with E-state index >= 15 is 0 Å². The van der Waals surface area contributed by atoms with E-state index in [9.17, 15) is 4.79 Å². The molecule has 0 spiro atoms. The van der Waals surface area contributed by atoms with Crippen LogP contribution >= 0.6 is 0 Å². The van der Waals surface area contributed by atoms with E-state index < -0.39 is 0 Å². The minimum atomic E-state index is -0.164. The number of hydrogen-bond acceptors (Lipinski definition) is 3. The second-order valence-electron chi connectivity index (χ2n) is 6.52. The number of amides is 1. The maximum Gasteiger partial charge on any atom is 0.275 e. The fourth-order valence-corrected chi connectivity index (χ4v) is 2.80. The van der Waals surface area contributed by atoms with Gasteiger partial charge in [0, 0.05) is 5.39 Å².